The Bertz CT molecular complexity index is 705. The second-order valence-electron chi connectivity index (χ2n) is 3.44. The highest BCUT2D eigenvalue weighted by atomic mass is 35.5. The molecule has 0 saturated carbocycles. The summed E-state index contributed by atoms with van der Waals surface area (Å²) in [5.41, 5.74) is 0.627. The zero-order chi connectivity index (χ0) is 11.3. The van der Waals surface area contributed by atoms with Crippen LogP contribution in [0.2, 0.25) is 10.2 Å². The zero-order valence-electron chi connectivity index (χ0n) is 8.28. The number of aryl methyl sites for hydroxylation is 1. The Labute approximate surface area is 101 Å². The molecule has 2 heterocycles. The first-order valence-electron chi connectivity index (χ1n) is 4.64. The lowest BCUT2D eigenvalue weighted by Crippen LogP contribution is -1.96. The van der Waals surface area contributed by atoms with Gasteiger partial charge in [-0.15, -0.1) is 10.2 Å². The van der Waals surface area contributed by atoms with Gasteiger partial charge in [-0.05, 0) is 13.0 Å². The van der Waals surface area contributed by atoms with E-state index in [1.807, 2.05) is 19.1 Å². The van der Waals surface area contributed by atoms with Crippen molar-refractivity contribution >= 4 is 39.6 Å². The van der Waals surface area contributed by atoms with E-state index in [0.717, 1.165) is 10.8 Å². The number of nitrogens with zero attached hydrogens (tertiary/aromatic N) is 4. The van der Waals surface area contributed by atoms with Gasteiger partial charge in [0.15, 0.2) is 16.6 Å². The first-order chi connectivity index (χ1) is 7.68. The Hall–Kier alpha value is -1.39. The Kier molecular flexibility index (Phi) is 2.02. The number of fused-ring (bicyclic) bond motifs is 3. The SMILES string of the molecule is Cc1nnc2c3c(Cl)cccc3c(Cl)nn12. The second-order valence-corrected chi connectivity index (χ2v) is 4.20. The van der Waals surface area contributed by atoms with Gasteiger partial charge in [-0.3, -0.25) is 0 Å². The molecular weight excluding hydrogens is 247 g/mol. The predicted molar refractivity (Wildman–Crippen MR) is 63.0 cm³/mol. The van der Waals surface area contributed by atoms with Gasteiger partial charge in [-0.25, -0.2) is 0 Å². The molecule has 80 valence electrons. The smallest absolute Gasteiger partial charge is 0.187 e. The summed E-state index contributed by atoms with van der Waals surface area (Å²) in [5.74, 6) is 0.679. The highest BCUT2D eigenvalue weighted by Gasteiger charge is 2.13. The van der Waals surface area contributed by atoms with Crippen LogP contribution in [-0.2, 0) is 0 Å². The molecule has 1 aromatic carbocycles. The van der Waals surface area contributed by atoms with Crippen LogP contribution in [0, 0.1) is 6.92 Å². The van der Waals surface area contributed by atoms with Crippen LogP contribution < -0.4 is 0 Å². The van der Waals surface area contributed by atoms with Crippen molar-refractivity contribution in [3.05, 3.63) is 34.2 Å². The van der Waals surface area contributed by atoms with E-state index >= 15 is 0 Å². The van der Waals surface area contributed by atoms with Crippen LogP contribution in [0.3, 0.4) is 0 Å². The third-order valence-corrected chi connectivity index (χ3v) is 3.04. The fourth-order valence-corrected chi connectivity index (χ4v) is 2.19. The third kappa shape index (κ3) is 1.20. The van der Waals surface area contributed by atoms with Crippen LogP contribution >= 0.6 is 23.2 Å². The monoisotopic (exact) mass is 252 g/mol. The van der Waals surface area contributed by atoms with Gasteiger partial charge >= 0.3 is 0 Å². The van der Waals surface area contributed by atoms with Crippen LogP contribution in [0.25, 0.3) is 16.4 Å². The van der Waals surface area contributed by atoms with Crippen LogP contribution in [0.5, 0.6) is 0 Å². The summed E-state index contributed by atoms with van der Waals surface area (Å²) < 4.78 is 1.59. The van der Waals surface area contributed by atoms with Gasteiger partial charge < -0.3 is 0 Å². The van der Waals surface area contributed by atoms with E-state index in [4.69, 9.17) is 23.2 Å². The van der Waals surface area contributed by atoms with E-state index in [1.165, 1.54) is 0 Å². The summed E-state index contributed by atoms with van der Waals surface area (Å²) in [5, 5.41) is 14.8. The second kappa shape index (κ2) is 3.30. The maximum absolute atomic E-state index is 6.15. The lowest BCUT2D eigenvalue weighted by Gasteiger charge is -2.03. The van der Waals surface area contributed by atoms with Gasteiger partial charge in [0.05, 0.1) is 10.4 Å². The predicted octanol–water partition coefficient (Wildman–Crippen LogP) is 2.89. The van der Waals surface area contributed by atoms with E-state index in [0.29, 0.717) is 21.6 Å². The van der Waals surface area contributed by atoms with E-state index in [2.05, 4.69) is 15.3 Å². The van der Waals surface area contributed by atoms with Crippen molar-refractivity contribution in [1.82, 2.24) is 19.8 Å². The number of rotatable bonds is 0. The first-order valence-corrected chi connectivity index (χ1v) is 5.40. The fourth-order valence-electron chi connectivity index (χ4n) is 1.70. The molecule has 0 atom stereocenters. The van der Waals surface area contributed by atoms with E-state index in [-0.39, 0.29) is 0 Å². The van der Waals surface area contributed by atoms with Crippen molar-refractivity contribution in [1.29, 1.82) is 0 Å². The van der Waals surface area contributed by atoms with Crippen molar-refractivity contribution in [2.45, 2.75) is 6.92 Å². The molecule has 0 aliphatic rings. The van der Waals surface area contributed by atoms with Crippen molar-refractivity contribution < 1.29 is 0 Å². The van der Waals surface area contributed by atoms with Crippen molar-refractivity contribution in [3.63, 3.8) is 0 Å². The van der Waals surface area contributed by atoms with Gasteiger partial charge in [-0.2, -0.15) is 9.61 Å². The number of hydrogen-bond donors (Lipinski definition) is 0. The van der Waals surface area contributed by atoms with Gasteiger partial charge in [-0.1, -0.05) is 35.3 Å². The molecule has 0 spiro atoms. The molecule has 0 fully saturated rings. The lowest BCUT2D eigenvalue weighted by atomic mass is 10.2. The maximum Gasteiger partial charge on any atom is 0.187 e. The molecule has 0 amide bonds. The van der Waals surface area contributed by atoms with Crippen LogP contribution in [0.15, 0.2) is 18.2 Å². The van der Waals surface area contributed by atoms with Crippen LogP contribution in [0.4, 0.5) is 0 Å². The molecule has 0 bridgehead atoms. The molecule has 0 radical (unpaired) electrons. The molecule has 0 saturated heterocycles. The molecule has 3 rings (SSSR count). The Morgan fingerprint density at radius 2 is 2.00 bits per heavy atom. The standard InChI is InChI=1S/C10H6Cl2N4/c1-5-13-14-10-8-6(3-2-4-7(8)11)9(12)15-16(5)10/h2-4H,1H3. The highest BCUT2D eigenvalue weighted by Crippen LogP contribution is 2.30. The fraction of sp³-hybridized carbons (Fsp3) is 0.100. The Morgan fingerprint density at radius 3 is 2.81 bits per heavy atom. The van der Waals surface area contributed by atoms with Crippen molar-refractivity contribution in [3.8, 4) is 0 Å². The Balaban J connectivity index is 2.68. The molecule has 0 aliphatic heterocycles. The largest absolute Gasteiger partial charge is 0.195 e. The first kappa shape index (κ1) is 9.81. The summed E-state index contributed by atoms with van der Waals surface area (Å²) in [7, 11) is 0. The third-order valence-electron chi connectivity index (χ3n) is 2.44. The molecule has 2 aromatic heterocycles. The van der Waals surface area contributed by atoms with Crippen LogP contribution in [0.1, 0.15) is 5.82 Å². The van der Waals surface area contributed by atoms with Crippen LogP contribution in [-0.4, -0.2) is 19.8 Å². The van der Waals surface area contributed by atoms with Gasteiger partial charge in [0.25, 0.3) is 0 Å². The lowest BCUT2D eigenvalue weighted by molar-refractivity contribution is 0.882. The molecule has 0 aliphatic carbocycles. The molecule has 0 unspecified atom stereocenters. The number of aromatic nitrogens is 4. The van der Waals surface area contributed by atoms with Crippen molar-refractivity contribution in [2.75, 3.05) is 0 Å². The minimum absolute atomic E-state index is 0.396. The summed E-state index contributed by atoms with van der Waals surface area (Å²) in [4.78, 5) is 0. The number of halogens is 2. The minimum atomic E-state index is 0.396. The van der Waals surface area contributed by atoms with Crippen molar-refractivity contribution in [2.24, 2.45) is 0 Å². The molecular formula is C10H6Cl2N4. The summed E-state index contributed by atoms with van der Waals surface area (Å²) >= 11 is 12.2. The maximum atomic E-state index is 6.15. The summed E-state index contributed by atoms with van der Waals surface area (Å²) in [6.07, 6.45) is 0. The van der Waals surface area contributed by atoms with E-state index in [1.54, 1.807) is 10.6 Å². The molecule has 16 heavy (non-hydrogen) atoms. The molecule has 0 N–H and O–H groups in total. The Morgan fingerprint density at radius 1 is 1.19 bits per heavy atom. The van der Waals surface area contributed by atoms with Gasteiger partial charge in [0, 0.05) is 5.39 Å². The average Bonchev–Trinajstić information content (AvgIpc) is 2.61. The minimum Gasteiger partial charge on any atom is -0.195 e. The van der Waals surface area contributed by atoms with Gasteiger partial charge in [0.1, 0.15) is 0 Å². The van der Waals surface area contributed by atoms with E-state index in [9.17, 15) is 0 Å². The quantitative estimate of drug-likeness (QED) is 0.618. The number of hydrogen-bond acceptors (Lipinski definition) is 3. The zero-order valence-corrected chi connectivity index (χ0v) is 9.79. The van der Waals surface area contributed by atoms with E-state index < -0.39 is 0 Å². The van der Waals surface area contributed by atoms with Gasteiger partial charge in [0.2, 0.25) is 0 Å². The normalized spacial score (nSPS) is 11.4. The highest BCUT2D eigenvalue weighted by molar-refractivity contribution is 6.40. The topological polar surface area (TPSA) is 43.1 Å². The molecule has 3 aromatic rings. The number of benzene rings is 1. The molecule has 6 heteroatoms. The molecule has 4 nitrogen and oxygen atoms in total. The summed E-state index contributed by atoms with van der Waals surface area (Å²) in [6.45, 7) is 1.81. The average molecular weight is 253 g/mol. The summed E-state index contributed by atoms with van der Waals surface area (Å²) in [6, 6.07) is 5.49.